The topological polar surface area (TPSA) is 58.2 Å². The Morgan fingerprint density at radius 1 is 0.970 bits per heavy atom. The van der Waals surface area contributed by atoms with E-state index in [4.69, 9.17) is 27.9 Å². The number of hydrogen-bond acceptors (Lipinski definition) is 3. The van der Waals surface area contributed by atoms with Crippen molar-refractivity contribution < 1.29 is 9.53 Å². The summed E-state index contributed by atoms with van der Waals surface area (Å²) in [5.74, 6) is 0.123. The van der Waals surface area contributed by atoms with Gasteiger partial charge in [-0.3, -0.25) is 14.3 Å². The molecule has 0 saturated heterocycles. The molecule has 6 nitrogen and oxygen atoms in total. The van der Waals surface area contributed by atoms with E-state index in [9.17, 15) is 9.59 Å². The summed E-state index contributed by atoms with van der Waals surface area (Å²) in [6.07, 6.45) is 0. The van der Waals surface area contributed by atoms with Gasteiger partial charge >= 0.3 is 0 Å². The summed E-state index contributed by atoms with van der Waals surface area (Å²) in [6, 6.07) is 16.2. The Bertz CT molecular complexity index is 1420. The van der Waals surface area contributed by atoms with Gasteiger partial charge in [-0.15, -0.1) is 0 Å². The molecule has 33 heavy (non-hydrogen) atoms. The Morgan fingerprint density at radius 3 is 2.36 bits per heavy atom. The summed E-state index contributed by atoms with van der Waals surface area (Å²) < 4.78 is 10.9. The van der Waals surface area contributed by atoms with E-state index in [1.807, 2.05) is 67.4 Å². The summed E-state index contributed by atoms with van der Waals surface area (Å²) in [4.78, 5) is 26.5. The fourth-order valence-electron chi connectivity index (χ4n) is 4.02. The molecular formula is C25H23Cl2N3O3. The van der Waals surface area contributed by atoms with Gasteiger partial charge in [0.2, 0.25) is 5.78 Å². The minimum Gasteiger partial charge on any atom is -0.484 e. The quantitative estimate of drug-likeness (QED) is 0.342. The van der Waals surface area contributed by atoms with Crippen LogP contribution in [0.1, 0.15) is 27.4 Å². The molecule has 4 rings (SSSR count). The first-order valence-corrected chi connectivity index (χ1v) is 11.1. The van der Waals surface area contributed by atoms with Crippen molar-refractivity contribution in [1.29, 1.82) is 0 Å². The maximum Gasteiger partial charge on any atom is 0.295 e. The third-order valence-electron chi connectivity index (χ3n) is 5.75. The van der Waals surface area contributed by atoms with E-state index >= 15 is 0 Å². The first-order valence-electron chi connectivity index (χ1n) is 10.4. The Morgan fingerprint density at radius 2 is 1.67 bits per heavy atom. The van der Waals surface area contributed by atoms with Gasteiger partial charge in [-0.1, -0.05) is 47.5 Å². The number of para-hydroxylation sites is 1. The zero-order valence-electron chi connectivity index (χ0n) is 18.7. The molecule has 0 aliphatic heterocycles. The molecule has 0 fully saturated rings. The molecule has 0 N–H and O–H groups in total. The molecule has 0 bridgehead atoms. The highest BCUT2D eigenvalue weighted by Gasteiger charge is 2.24. The molecule has 0 radical (unpaired) electrons. The SMILES string of the molecule is Cc1cc(C(=O)COc2cccc(Cl)c2Cl)c(C)n1-c1c(C)n(C)n(-c2ccccc2)c1=O. The van der Waals surface area contributed by atoms with Crippen molar-refractivity contribution in [3.05, 3.63) is 97.6 Å². The molecule has 2 aromatic heterocycles. The molecule has 0 aliphatic carbocycles. The molecule has 0 aliphatic rings. The summed E-state index contributed by atoms with van der Waals surface area (Å²) >= 11 is 12.2. The Balaban J connectivity index is 1.71. The van der Waals surface area contributed by atoms with Gasteiger partial charge in [0.1, 0.15) is 16.5 Å². The highest BCUT2D eigenvalue weighted by molar-refractivity contribution is 6.42. The molecule has 0 unspecified atom stereocenters. The highest BCUT2D eigenvalue weighted by atomic mass is 35.5. The van der Waals surface area contributed by atoms with Crippen molar-refractivity contribution in [2.75, 3.05) is 6.61 Å². The van der Waals surface area contributed by atoms with Crippen LogP contribution in [0.2, 0.25) is 10.0 Å². The number of ketones is 1. The van der Waals surface area contributed by atoms with E-state index in [0.29, 0.717) is 27.7 Å². The van der Waals surface area contributed by atoms with Crippen molar-refractivity contribution in [2.24, 2.45) is 7.05 Å². The lowest BCUT2D eigenvalue weighted by molar-refractivity contribution is 0.0921. The third-order valence-corrected chi connectivity index (χ3v) is 6.56. The minimum absolute atomic E-state index is 0.163. The third kappa shape index (κ3) is 4.01. The summed E-state index contributed by atoms with van der Waals surface area (Å²) in [6.45, 7) is 5.38. The number of carbonyl (C=O) groups is 1. The summed E-state index contributed by atoms with van der Waals surface area (Å²) in [7, 11) is 1.84. The number of aromatic nitrogens is 3. The number of nitrogens with zero attached hydrogens (tertiary/aromatic N) is 3. The van der Waals surface area contributed by atoms with Crippen LogP contribution in [0.15, 0.2) is 59.4 Å². The van der Waals surface area contributed by atoms with E-state index in [-0.39, 0.29) is 23.0 Å². The zero-order chi connectivity index (χ0) is 23.9. The Kier molecular flexibility index (Phi) is 6.23. The van der Waals surface area contributed by atoms with Gasteiger partial charge in [-0.25, -0.2) is 4.68 Å². The van der Waals surface area contributed by atoms with Gasteiger partial charge in [0, 0.05) is 24.0 Å². The number of aryl methyl sites for hydroxylation is 1. The molecule has 170 valence electrons. The number of benzene rings is 2. The standard InChI is InChI=1S/C25H23Cl2N3O3/c1-15-13-19(21(31)14-33-22-12-8-11-20(26)23(22)27)16(2)29(15)24-17(3)28(4)30(25(24)32)18-9-6-5-7-10-18/h5-13H,14H2,1-4H3. The Labute approximate surface area is 201 Å². The van der Waals surface area contributed by atoms with Crippen molar-refractivity contribution in [3.63, 3.8) is 0 Å². The van der Waals surface area contributed by atoms with Crippen molar-refractivity contribution in [3.8, 4) is 17.1 Å². The fraction of sp³-hybridized carbons (Fsp3) is 0.200. The maximum atomic E-state index is 13.5. The van der Waals surface area contributed by atoms with Gasteiger partial charge in [-0.2, -0.15) is 0 Å². The minimum atomic E-state index is -0.220. The van der Waals surface area contributed by atoms with Gasteiger partial charge in [0.05, 0.1) is 16.4 Å². The molecule has 8 heteroatoms. The van der Waals surface area contributed by atoms with E-state index in [1.165, 1.54) is 0 Å². The van der Waals surface area contributed by atoms with E-state index < -0.39 is 0 Å². The Hall–Kier alpha value is -3.22. The van der Waals surface area contributed by atoms with E-state index in [2.05, 4.69) is 0 Å². The van der Waals surface area contributed by atoms with Crippen LogP contribution in [0, 0.1) is 20.8 Å². The van der Waals surface area contributed by atoms with Gasteiger partial charge in [0.25, 0.3) is 5.56 Å². The second kappa shape index (κ2) is 8.96. The van der Waals surface area contributed by atoms with Crippen molar-refractivity contribution in [2.45, 2.75) is 20.8 Å². The van der Waals surface area contributed by atoms with Gasteiger partial charge < -0.3 is 9.30 Å². The molecule has 0 spiro atoms. The molecule has 2 heterocycles. The van der Waals surface area contributed by atoms with Crippen LogP contribution in [-0.4, -0.2) is 26.3 Å². The largest absolute Gasteiger partial charge is 0.484 e. The van der Waals surface area contributed by atoms with Crippen LogP contribution in [0.5, 0.6) is 5.75 Å². The lowest BCUT2D eigenvalue weighted by Crippen LogP contribution is -2.22. The van der Waals surface area contributed by atoms with Crippen LogP contribution in [0.25, 0.3) is 11.4 Å². The number of halogens is 2. The van der Waals surface area contributed by atoms with Crippen LogP contribution in [-0.2, 0) is 7.05 Å². The van der Waals surface area contributed by atoms with Crippen LogP contribution >= 0.6 is 23.2 Å². The fourth-order valence-corrected chi connectivity index (χ4v) is 4.36. The molecular weight excluding hydrogens is 461 g/mol. The van der Waals surface area contributed by atoms with Crippen LogP contribution in [0.3, 0.4) is 0 Å². The average molecular weight is 484 g/mol. The van der Waals surface area contributed by atoms with Crippen LogP contribution in [0.4, 0.5) is 0 Å². The second-order valence-electron chi connectivity index (χ2n) is 7.79. The monoisotopic (exact) mass is 483 g/mol. The summed E-state index contributed by atoms with van der Waals surface area (Å²) in [5.41, 5.74) is 3.83. The number of carbonyl (C=O) groups excluding carboxylic acids is 1. The first kappa shape index (κ1) is 23.0. The molecule has 0 saturated carbocycles. The van der Waals surface area contributed by atoms with Gasteiger partial charge in [0.15, 0.2) is 6.61 Å². The van der Waals surface area contributed by atoms with Crippen molar-refractivity contribution in [1.82, 2.24) is 13.9 Å². The zero-order valence-corrected chi connectivity index (χ0v) is 20.2. The highest BCUT2D eigenvalue weighted by Crippen LogP contribution is 2.31. The number of ether oxygens (including phenoxy) is 1. The second-order valence-corrected chi connectivity index (χ2v) is 8.58. The maximum absolute atomic E-state index is 13.5. The molecule has 2 aromatic carbocycles. The molecule has 0 amide bonds. The first-order chi connectivity index (χ1) is 15.7. The lowest BCUT2D eigenvalue weighted by Gasteiger charge is -2.10. The van der Waals surface area contributed by atoms with Crippen molar-refractivity contribution >= 4 is 29.0 Å². The predicted molar refractivity (Wildman–Crippen MR) is 131 cm³/mol. The molecule has 0 atom stereocenters. The average Bonchev–Trinajstić information content (AvgIpc) is 3.20. The summed E-state index contributed by atoms with van der Waals surface area (Å²) in [5, 5.41) is 0.618. The molecule has 4 aromatic rings. The number of Topliss-reactive ketones (excluding diaryl/α,β-unsaturated/α-hetero) is 1. The lowest BCUT2D eigenvalue weighted by atomic mass is 10.1. The van der Waals surface area contributed by atoms with E-state index in [0.717, 1.165) is 17.1 Å². The number of hydrogen-bond donors (Lipinski definition) is 0. The number of rotatable bonds is 6. The normalized spacial score (nSPS) is 11.1. The van der Waals surface area contributed by atoms with E-state index in [1.54, 1.807) is 28.9 Å². The van der Waals surface area contributed by atoms with Crippen LogP contribution < -0.4 is 10.3 Å². The predicted octanol–water partition coefficient (Wildman–Crippen LogP) is 5.46. The smallest absolute Gasteiger partial charge is 0.295 e. The van der Waals surface area contributed by atoms with Gasteiger partial charge in [-0.05, 0) is 51.1 Å².